The Morgan fingerprint density at radius 2 is 2.12 bits per heavy atom. The van der Waals surface area contributed by atoms with E-state index in [1.165, 1.54) is 0 Å². The molecule has 94 valence electrons. The summed E-state index contributed by atoms with van der Waals surface area (Å²) >= 11 is 0. The second-order valence-electron chi connectivity index (χ2n) is 5.03. The standard InChI is InChI=1S/C12H25N3O/c1-9(2)15-10(3)6-7-14(5)11(8-13-4)12(15)16/h9-11,13H,6-8H2,1-5H3. The molecule has 2 atom stereocenters. The molecule has 1 fully saturated rings. The maximum atomic E-state index is 12.4. The van der Waals surface area contributed by atoms with Crippen molar-refractivity contribution in [1.82, 2.24) is 15.1 Å². The summed E-state index contributed by atoms with van der Waals surface area (Å²) in [6.07, 6.45) is 1.06. The minimum Gasteiger partial charge on any atom is -0.336 e. The zero-order chi connectivity index (χ0) is 12.3. The highest BCUT2D eigenvalue weighted by molar-refractivity contribution is 5.83. The van der Waals surface area contributed by atoms with Crippen molar-refractivity contribution >= 4 is 5.91 Å². The summed E-state index contributed by atoms with van der Waals surface area (Å²) in [6, 6.07) is 0.613. The van der Waals surface area contributed by atoms with Gasteiger partial charge in [0.05, 0.1) is 0 Å². The molecular formula is C12H25N3O. The largest absolute Gasteiger partial charge is 0.336 e. The third kappa shape index (κ3) is 2.74. The van der Waals surface area contributed by atoms with Crippen LogP contribution in [-0.4, -0.2) is 61.0 Å². The second-order valence-corrected chi connectivity index (χ2v) is 5.03. The van der Waals surface area contributed by atoms with E-state index in [1.54, 1.807) is 0 Å². The molecule has 1 heterocycles. The zero-order valence-electron chi connectivity index (χ0n) is 11.2. The van der Waals surface area contributed by atoms with E-state index in [1.807, 2.05) is 19.0 Å². The van der Waals surface area contributed by atoms with Crippen LogP contribution in [0, 0.1) is 0 Å². The van der Waals surface area contributed by atoms with Crippen molar-refractivity contribution in [3.8, 4) is 0 Å². The molecule has 0 aromatic heterocycles. The van der Waals surface area contributed by atoms with Crippen LogP contribution in [0.3, 0.4) is 0 Å². The lowest BCUT2D eigenvalue weighted by Crippen LogP contribution is -2.52. The number of carbonyl (C=O) groups excluding carboxylic acids is 1. The van der Waals surface area contributed by atoms with E-state index in [0.717, 1.165) is 19.5 Å². The van der Waals surface area contributed by atoms with Crippen LogP contribution in [0.25, 0.3) is 0 Å². The molecule has 0 aromatic carbocycles. The first kappa shape index (κ1) is 13.5. The lowest BCUT2D eigenvalue weighted by Gasteiger charge is -2.33. The van der Waals surface area contributed by atoms with E-state index < -0.39 is 0 Å². The molecule has 0 radical (unpaired) electrons. The number of carbonyl (C=O) groups is 1. The lowest BCUT2D eigenvalue weighted by atomic mass is 10.1. The van der Waals surface area contributed by atoms with Crippen molar-refractivity contribution in [3.63, 3.8) is 0 Å². The molecule has 1 N–H and O–H groups in total. The van der Waals surface area contributed by atoms with Gasteiger partial charge in [-0.25, -0.2) is 0 Å². The molecule has 4 heteroatoms. The number of amides is 1. The van der Waals surface area contributed by atoms with Crippen molar-refractivity contribution in [2.75, 3.05) is 27.2 Å². The topological polar surface area (TPSA) is 35.6 Å². The zero-order valence-corrected chi connectivity index (χ0v) is 11.2. The smallest absolute Gasteiger partial charge is 0.241 e. The Bertz CT molecular complexity index is 242. The summed E-state index contributed by atoms with van der Waals surface area (Å²) in [5, 5.41) is 3.11. The van der Waals surface area contributed by atoms with Crippen molar-refractivity contribution in [2.24, 2.45) is 0 Å². The van der Waals surface area contributed by atoms with Gasteiger partial charge in [-0.15, -0.1) is 0 Å². The van der Waals surface area contributed by atoms with E-state index in [2.05, 4.69) is 31.0 Å². The molecule has 1 aliphatic heterocycles. The SMILES string of the molecule is CNCC1C(=O)N(C(C)C)C(C)CCN1C. The average Bonchev–Trinajstić information content (AvgIpc) is 2.30. The quantitative estimate of drug-likeness (QED) is 0.764. The van der Waals surface area contributed by atoms with E-state index in [9.17, 15) is 4.79 Å². The van der Waals surface area contributed by atoms with Crippen LogP contribution in [0.2, 0.25) is 0 Å². The Kier molecular flexibility index (Phi) is 4.74. The molecule has 4 nitrogen and oxygen atoms in total. The number of nitrogens with zero attached hydrogens (tertiary/aromatic N) is 2. The maximum Gasteiger partial charge on any atom is 0.241 e. The molecule has 1 aliphatic rings. The fourth-order valence-corrected chi connectivity index (χ4v) is 2.46. The third-order valence-corrected chi connectivity index (χ3v) is 3.40. The van der Waals surface area contributed by atoms with E-state index in [0.29, 0.717) is 6.04 Å². The Balaban J connectivity index is 2.88. The molecular weight excluding hydrogens is 202 g/mol. The highest BCUT2D eigenvalue weighted by Crippen LogP contribution is 2.17. The van der Waals surface area contributed by atoms with E-state index in [4.69, 9.17) is 0 Å². The predicted molar refractivity (Wildman–Crippen MR) is 66.4 cm³/mol. The van der Waals surface area contributed by atoms with Gasteiger partial charge in [-0.05, 0) is 41.3 Å². The van der Waals surface area contributed by atoms with Gasteiger partial charge in [0.2, 0.25) is 5.91 Å². The molecule has 0 aromatic rings. The van der Waals surface area contributed by atoms with Gasteiger partial charge in [-0.1, -0.05) is 0 Å². The van der Waals surface area contributed by atoms with E-state index >= 15 is 0 Å². The summed E-state index contributed by atoms with van der Waals surface area (Å²) in [4.78, 5) is 16.6. The first-order valence-corrected chi connectivity index (χ1v) is 6.16. The van der Waals surface area contributed by atoms with Gasteiger partial charge < -0.3 is 10.2 Å². The monoisotopic (exact) mass is 227 g/mol. The number of hydrogen-bond acceptors (Lipinski definition) is 3. The lowest BCUT2D eigenvalue weighted by molar-refractivity contribution is -0.138. The number of likely N-dealkylation sites (N-methyl/N-ethyl adjacent to an activating group) is 2. The van der Waals surface area contributed by atoms with Crippen LogP contribution in [-0.2, 0) is 4.79 Å². The van der Waals surface area contributed by atoms with Crippen LogP contribution >= 0.6 is 0 Å². The van der Waals surface area contributed by atoms with Crippen molar-refractivity contribution in [1.29, 1.82) is 0 Å². The number of rotatable bonds is 3. The van der Waals surface area contributed by atoms with Crippen LogP contribution < -0.4 is 5.32 Å². The maximum absolute atomic E-state index is 12.4. The Hall–Kier alpha value is -0.610. The number of nitrogens with one attached hydrogen (secondary N) is 1. The van der Waals surface area contributed by atoms with E-state index in [-0.39, 0.29) is 18.0 Å². The molecule has 0 spiro atoms. The van der Waals surface area contributed by atoms with Gasteiger partial charge in [0.15, 0.2) is 0 Å². The Morgan fingerprint density at radius 1 is 1.50 bits per heavy atom. The van der Waals surface area contributed by atoms with Gasteiger partial charge >= 0.3 is 0 Å². The van der Waals surface area contributed by atoms with Gasteiger partial charge in [-0.2, -0.15) is 0 Å². The third-order valence-electron chi connectivity index (χ3n) is 3.40. The summed E-state index contributed by atoms with van der Waals surface area (Å²) in [6.45, 7) is 8.05. The fraction of sp³-hybridized carbons (Fsp3) is 0.917. The summed E-state index contributed by atoms with van der Waals surface area (Å²) < 4.78 is 0. The van der Waals surface area contributed by atoms with Crippen LogP contribution in [0.4, 0.5) is 0 Å². The molecule has 16 heavy (non-hydrogen) atoms. The van der Waals surface area contributed by atoms with Gasteiger partial charge in [0.1, 0.15) is 6.04 Å². The van der Waals surface area contributed by atoms with Crippen molar-refractivity contribution in [3.05, 3.63) is 0 Å². The summed E-state index contributed by atoms with van der Waals surface area (Å²) in [5.41, 5.74) is 0. The molecule has 0 bridgehead atoms. The Labute approximate surface area is 99.0 Å². The second kappa shape index (κ2) is 5.64. The predicted octanol–water partition coefficient (Wildman–Crippen LogP) is 0.535. The summed E-state index contributed by atoms with van der Waals surface area (Å²) in [5.74, 6) is 0.261. The first-order chi connectivity index (χ1) is 7.49. The van der Waals surface area contributed by atoms with Crippen LogP contribution in [0.15, 0.2) is 0 Å². The normalized spacial score (nSPS) is 28.6. The molecule has 1 amide bonds. The first-order valence-electron chi connectivity index (χ1n) is 6.16. The molecule has 0 saturated carbocycles. The van der Waals surface area contributed by atoms with Gasteiger partial charge in [-0.3, -0.25) is 9.69 Å². The molecule has 1 saturated heterocycles. The average molecular weight is 227 g/mol. The highest BCUT2D eigenvalue weighted by Gasteiger charge is 2.34. The molecule has 0 aliphatic carbocycles. The van der Waals surface area contributed by atoms with Gasteiger partial charge in [0.25, 0.3) is 0 Å². The highest BCUT2D eigenvalue weighted by atomic mass is 16.2. The molecule has 2 unspecified atom stereocenters. The van der Waals surface area contributed by atoms with Gasteiger partial charge in [0, 0.05) is 25.2 Å². The van der Waals surface area contributed by atoms with Crippen LogP contribution in [0.5, 0.6) is 0 Å². The Morgan fingerprint density at radius 3 is 2.62 bits per heavy atom. The molecule has 1 rings (SSSR count). The fourth-order valence-electron chi connectivity index (χ4n) is 2.46. The van der Waals surface area contributed by atoms with Crippen LogP contribution in [0.1, 0.15) is 27.2 Å². The summed E-state index contributed by atoms with van der Waals surface area (Å²) in [7, 11) is 3.94. The minimum atomic E-state index is -0.0163. The van der Waals surface area contributed by atoms with Crippen molar-refractivity contribution in [2.45, 2.75) is 45.3 Å². The minimum absolute atomic E-state index is 0.0163. The van der Waals surface area contributed by atoms with Crippen molar-refractivity contribution < 1.29 is 4.79 Å². The number of hydrogen-bond donors (Lipinski definition) is 1.